The van der Waals surface area contributed by atoms with Crippen LogP contribution < -0.4 is 0 Å². The molecule has 0 saturated heterocycles. The van der Waals surface area contributed by atoms with Crippen LogP contribution in [0.1, 0.15) is 220 Å². The standard InChI is InChI=1S/C85H128O17P2/c1-5-9-13-17-21-25-29-33-37-38-39-40-44-46-50-54-58-62-66-70-83(88)96-76-81(102-85(90)72-68-64-60-56-52-48-43-36-32-28-24-20-16-12-8-4)78-100-104(93,94)98-74-79(86)73-97-103(91,92)99-77-80(101-84(89)71-67-63-59-55-51-47-42-35-31-27-23-19-15-11-7-3)75-95-82(87)69-65-61-57-53-49-45-41-34-30-26-22-18-14-10-6-2/h9-16,21-28,33-37,39-43,46,49-53,55-56,61,63,65,67,79-81,86H,5-8,17-20,29-32,38,44-45,47-48,54,57-60,62,64,66,68-78H2,1-4H3,(H,91,92)(H,93,94)/b13-9-,14-10-,15-11-,16-12-,25-21-,26-22-,27-23-,28-24-,37-33-,40-39-,41-34-,42-35-,43-36-,50-46-,53-49-,55-51-,56-52-,65-61-,67-63-. The van der Waals surface area contributed by atoms with Crippen LogP contribution >= 0.6 is 15.6 Å². The molecule has 580 valence electrons. The van der Waals surface area contributed by atoms with Gasteiger partial charge in [0, 0.05) is 12.8 Å². The van der Waals surface area contributed by atoms with Gasteiger partial charge in [-0.05, 0) is 161 Å². The lowest BCUT2D eigenvalue weighted by molar-refractivity contribution is -0.161. The molecule has 0 aliphatic rings. The molecule has 17 nitrogen and oxygen atoms in total. The number of ether oxygens (including phenoxy) is 4. The second-order valence-electron chi connectivity index (χ2n) is 23.7. The molecule has 0 rings (SSSR count). The fourth-order valence-electron chi connectivity index (χ4n) is 8.62. The number of phosphoric ester groups is 2. The molecule has 0 aromatic rings. The molecular weight excluding hydrogens is 1350 g/mol. The Morgan fingerprint density at radius 1 is 0.279 bits per heavy atom. The maximum absolute atomic E-state index is 13.1. The summed E-state index contributed by atoms with van der Waals surface area (Å²) in [5.74, 6) is -2.60. The minimum atomic E-state index is -5.04. The maximum atomic E-state index is 13.1. The van der Waals surface area contributed by atoms with E-state index in [2.05, 4.69) is 204 Å². The highest BCUT2D eigenvalue weighted by molar-refractivity contribution is 7.47. The second kappa shape index (κ2) is 74.4. The molecule has 0 heterocycles. The van der Waals surface area contributed by atoms with Gasteiger partial charge in [0.15, 0.2) is 12.2 Å². The smallest absolute Gasteiger partial charge is 0.462 e. The molecule has 0 aliphatic heterocycles. The third-order valence-electron chi connectivity index (χ3n) is 14.2. The van der Waals surface area contributed by atoms with Gasteiger partial charge in [-0.3, -0.25) is 37.3 Å². The third-order valence-corrected chi connectivity index (χ3v) is 16.1. The van der Waals surface area contributed by atoms with Crippen molar-refractivity contribution >= 4 is 39.5 Å². The van der Waals surface area contributed by atoms with E-state index < -0.39 is 97.5 Å². The zero-order chi connectivity index (χ0) is 76.0. The van der Waals surface area contributed by atoms with E-state index in [1.165, 1.54) is 0 Å². The van der Waals surface area contributed by atoms with E-state index in [0.717, 1.165) is 135 Å². The number of carbonyl (C=O) groups is 4. The Bertz CT molecular complexity index is 2890. The van der Waals surface area contributed by atoms with Gasteiger partial charge < -0.3 is 33.8 Å². The van der Waals surface area contributed by atoms with Crippen molar-refractivity contribution in [1.82, 2.24) is 0 Å². The van der Waals surface area contributed by atoms with Crippen LogP contribution in [-0.2, 0) is 65.4 Å². The molecule has 0 aromatic carbocycles. The van der Waals surface area contributed by atoms with Crippen molar-refractivity contribution in [3.63, 3.8) is 0 Å². The van der Waals surface area contributed by atoms with Gasteiger partial charge in [-0.1, -0.05) is 265 Å². The Morgan fingerprint density at radius 3 is 0.846 bits per heavy atom. The van der Waals surface area contributed by atoms with Crippen LogP contribution in [0.2, 0.25) is 0 Å². The normalized spacial score (nSPS) is 15.2. The molecule has 0 aliphatic carbocycles. The highest BCUT2D eigenvalue weighted by Crippen LogP contribution is 2.45. The molecule has 19 heteroatoms. The molecule has 0 aromatic heterocycles. The topological polar surface area (TPSA) is 237 Å². The fourth-order valence-corrected chi connectivity index (χ4v) is 10.2. The van der Waals surface area contributed by atoms with E-state index in [0.29, 0.717) is 32.1 Å². The van der Waals surface area contributed by atoms with Crippen LogP contribution in [0, 0.1) is 0 Å². The van der Waals surface area contributed by atoms with Crippen molar-refractivity contribution in [3.8, 4) is 0 Å². The Balaban J connectivity index is 5.59. The third kappa shape index (κ3) is 73.4. The van der Waals surface area contributed by atoms with E-state index in [9.17, 15) is 43.2 Å². The van der Waals surface area contributed by atoms with Gasteiger partial charge in [0.25, 0.3) is 0 Å². The Kier molecular flexibility index (Phi) is 69.5. The van der Waals surface area contributed by atoms with E-state index >= 15 is 0 Å². The number of esters is 4. The number of hydrogen-bond donors (Lipinski definition) is 3. The summed E-state index contributed by atoms with van der Waals surface area (Å²) < 4.78 is 68.1. The summed E-state index contributed by atoms with van der Waals surface area (Å²) in [5, 5.41) is 10.6. The number of carbonyl (C=O) groups excluding carboxylic acids is 4. The summed E-state index contributed by atoms with van der Waals surface area (Å²) in [6.45, 7) is 4.02. The molecule has 5 unspecified atom stereocenters. The summed E-state index contributed by atoms with van der Waals surface area (Å²) in [6, 6.07) is 0. The number of allylic oxidation sites excluding steroid dienone is 36. The zero-order valence-corrected chi connectivity index (χ0v) is 64.9. The zero-order valence-electron chi connectivity index (χ0n) is 63.1. The summed E-state index contributed by atoms with van der Waals surface area (Å²) in [7, 11) is -10.1. The SMILES string of the molecule is CC/C=C\C/C=C\C/C=C\C/C=C\C/C=C\CCCCCC(=O)OCC(COP(=O)(O)OCC(O)COP(=O)(O)OCC(COC(=O)C/C=C\C/C=C\C/C=C\C/C=C\C/C=C\CC)OC(=O)C/C=C\C/C=C\C/C=C\C/C=C\C/C=C\CC)OC(=O)CCCC/C=C\C/C=C\C/C=C\C/C=C\CC. The minimum Gasteiger partial charge on any atom is -0.462 e. The lowest BCUT2D eigenvalue weighted by atomic mass is 10.1. The number of aliphatic hydroxyl groups excluding tert-OH is 1. The van der Waals surface area contributed by atoms with Crippen LogP contribution in [0.3, 0.4) is 0 Å². The molecule has 104 heavy (non-hydrogen) atoms. The van der Waals surface area contributed by atoms with Gasteiger partial charge in [-0.15, -0.1) is 0 Å². The quantitative estimate of drug-likeness (QED) is 0.0169. The largest absolute Gasteiger partial charge is 0.472 e. The first-order chi connectivity index (χ1) is 50.7. The average Bonchev–Trinajstić information content (AvgIpc) is 0.918. The van der Waals surface area contributed by atoms with Crippen LogP contribution in [0.5, 0.6) is 0 Å². The number of phosphoric acid groups is 2. The van der Waals surface area contributed by atoms with Crippen LogP contribution in [-0.4, -0.2) is 96.7 Å². The average molecular weight is 1480 g/mol. The first kappa shape index (κ1) is 97.1. The van der Waals surface area contributed by atoms with Crippen LogP contribution in [0.25, 0.3) is 0 Å². The molecular formula is C85H128O17P2. The van der Waals surface area contributed by atoms with Gasteiger partial charge in [0.05, 0.1) is 39.3 Å². The summed E-state index contributed by atoms with van der Waals surface area (Å²) in [5.41, 5.74) is 0. The van der Waals surface area contributed by atoms with Gasteiger partial charge in [-0.2, -0.15) is 0 Å². The van der Waals surface area contributed by atoms with Crippen molar-refractivity contribution < 1.29 is 80.2 Å². The molecule has 0 saturated carbocycles. The summed E-state index contributed by atoms with van der Waals surface area (Å²) in [6.07, 6.45) is 95.4. The maximum Gasteiger partial charge on any atom is 0.472 e. The predicted molar refractivity (Wildman–Crippen MR) is 426 cm³/mol. The van der Waals surface area contributed by atoms with Gasteiger partial charge in [-0.25, -0.2) is 9.13 Å². The minimum absolute atomic E-state index is 0.0191. The summed E-state index contributed by atoms with van der Waals surface area (Å²) in [4.78, 5) is 72.7. The first-order valence-corrected chi connectivity index (χ1v) is 40.6. The lowest BCUT2D eigenvalue weighted by Crippen LogP contribution is -2.30. The highest BCUT2D eigenvalue weighted by atomic mass is 31.2. The number of aliphatic hydroxyl groups is 1. The second-order valence-corrected chi connectivity index (χ2v) is 26.6. The molecule has 3 N–H and O–H groups in total. The van der Waals surface area contributed by atoms with Gasteiger partial charge >= 0.3 is 39.5 Å². The Morgan fingerprint density at radius 2 is 0.519 bits per heavy atom. The molecule has 0 bridgehead atoms. The van der Waals surface area contributed by atoms with E-state index in [4.69, 9.17) is 37.0 Å². The number of rotatable bonds is 67. The molecule has 5 atom stereocenters. The van der Waals surface area contributed by atoms with Crippen molar-refractivity contribution in [2.24, 2.45) is 0 Å². The van der Waals surface area contributed by atoms with Crippen LogP contribution in [0.15, 0.2) is 231 Å². The number of unbranched alkanes of at least 4 members (excludes halogenated alkanes) is 5. The van der Waals surface area contributed by atoms with Crippen LogP contribution in [0.4, 0.5) is 0 Å². The highest BCUT2D eigenvalue weighted by Gasteiger charge is 2.30. The van der Waals surface area contributed by atoms with Crippen molar-refractivity contribution in [2.45, 2.75) is 239 Å². The first-order valence-electron chi connectivity index (χ1n) is 37.6. The molecule has 0 radical (unpaired) electrons. The van der Waals surface area contributed by atoms with E-state index in [1.807, 2.05) is 30.4 Å². The Labute approximate surface area is 625 Å². The molecule has 0 fully saturated rings. The molecule has 0 spiro atoms. The van der Waals surface area contributed by atoms with Crippen molar-refractivity contribution in [3.05, 3.63) is 231 Å². The lowest BCUT2D eigenvalue weighted by Gasteiger charge is -2.21. The fraction of sp³-hybridized carbons (Fsp3) is 0.506. The monoisotopic (exact) mass is 1480 g/mol. The van der Waals surface area contributed by atoms with Gasteiger partial charge in [0.1, 0.15) is 19.3 Å². The van der Waals surface area contributed by atoms with Crippen molar-refractivity contribution in [2.75, 3.05) is 39.6 Å². The molecule has 0 amide bonds. The van der Waals surface area contributed by atoms with Crippen molar-refractivity contribution in [1.29, 1.82) is 0 Å². The van der Waals surface area contributed by atoms with Gasteiger partial charge in [0.2, 0.25) is 0 Å². The van der Waals surface area contributed by atoms with E-state index in [1.54, 1.807) is 24.3 Å². The summed E-state index contributed by atoms with van der Waals surface area (Å²) >= 11 is 0. The predicted octanol–water partition coefficient (Wildman–Crippen LogP) is 21.9. The Hall–Kier alpha value is -6.88. The van der Waals surface area contributed by atoms with E-state index in [-0.39, 0.29) is 25.7 Å². The number of hydrogen-bond acceptors (Lipinski definition) is 15.